The molecule has 0 atom stereocenters. The lowest BCUT2D eigenvalue weighted by Gasteiger charge is -2.12. The molecule has 0 fully saturated rings. The number of carbonyl (C=O) groups is 1. The Hall–Kier alpha value is -3.84. The number of para-hydroxylation sites is 1. The van der Waals surface area contributed by atoms with Crippen LogP contribution in [0.15, 0.2) is 72.8 Å². The molecule has 0 heterocycles. The third-order valence-corrected chi connectivity index (χ3v) is 4.37. The van der Waals surface area contributed by atoms with Gasteiger partial charge in [-0.3, -0.25) is 4.79 Å². The van der Waals surface area contributed by atoms with Crippen molar-refractivity contribution in [1.29, 1.82) is 5.41 Å². The lowest BCUT2D eigenvalue weighted by Crippen LogP contribution is -2.12. The van der Waals surface area contributed by atoms with Crippen molar-refractivity contribution in [2.45, 2.75) is 26.7 Å². The van der Waals surface area contributed by atoms with Crippen LogP contribution in [0.3, 0.4) is 0 Å². The van der Waals surface area contributed by atoms with Gasteiger partial charge in [-0.25, -0.2) is 0 Å². The predicted octanol–water partition coefficient (Wildman–Crippen LogP) is 5.34. The SMILES string of the molecule is CCCO.CCOc1cc(CC(=O)O)cc(OCC(=N)c2cccc(Oc3ccccc3)c2)c1. The first-order valence-corrected chi connectivity index (χ1v) is 11.1. The highest BCUT2D eigenvalue weighted by atomic mass is 16.5. The summed E-state index contributed by atoms with van der Waals surface area (Å²) in [7, 11) is 0. The Bertz CT molecular complexity index is 1050. The Labute approximate surface area is 200 Å². The zero-order chi connectivity index (χ0) is 24.8. The standard InChI is InChI=1S/C24H23NO5.C3H8O/c1-2-28-21-11-17(13-24(26)27)12-22(15-21)29-16-23(25)18-7-6-10-20(14-18)30-19-8-4-3-5-9-19;1-2-3-4/h3-12,14-15,25H,2,13,16H2,1H3,(H,26,27);4H,2-3H2,1H3. The third-order valence-electron chi connectivity index (χ3n) is 4.37. The van der Waals surface area contributed by atoms with E-state index in [1.165, 1.54) is 0 Å². The molecule has 7 nitrogen and oxygen atoms in total. The van der Waals surface area contributed by atoms with Gasteiger partial charge in [0.1, 0.15) is 29.6 Å². The van der Waals surface area contributed by atoms with E-state index in [1.54, 1.807) is 24.3 Å². The Morgan fingerprint density at radius 1 is 0.853 bits per heavy atom. The van der Waals surface area contributed by atoms with Crippen LogP contribution >= 0.6 is 0 Å². The smallest absolute Gasteiger partial charge is 0.307 e. The van der Waals surface area contributed by atoms with Gasteiger partial charge in [-0.2, -0.15) is 0 Å². The van der Waals surface area contributed by atoms with E-state index in [0.717, 1.165) is 12.2 Å². The van der Waals surface area contributed by atoms with Gasteiger partial charge >= 0.3 is 5.97 Å². The minimum absolute atomic E-state index is 0.0247. The van der Waals surface area contributed by atoms with Gasteiger partial charge < -0.3 is 29.8 Å². The molecular formula is C27H31NO6. The second kappa shape index (κ2) is 14.3. The van der Waals surface area contributed by atoms with Crippen LogP contribution < -0.4 is 14.2 Å². The Kier molecular flexibility index (Phi) is 11.1. The normalized spacial score (nSPS) is 9.97. The summed E-state index contributed by atoms with van der Waals surface area (Å²) in [5.74, 6) is 1.41. The molecule has 0 bridgehead atoms. The fourth-order valence-corrected chi connectivity index (χ4v) is 2.85. The maximum Gasteiger partial charge on any atom is 0.307 e. The molecule has 0 spiro atoms. The van der Waals surface area contributed by atoms with Crippen LogP contribution in [0, 0.1) is 5.41 Å². The second-order valence-electron chi connectivity index (χ2n) is 7.25. The highest BCUT2D eigenvalue weighted by Crippen LogP contribution is 2.25. The summed E-state index contributed by atoms with van der Waals surface area (Å²) in [5.41, 5.74) is 1.53. The van der Waals surface area contributed by atoms with Crippen molar-refractivity contribution in [1.82, 2.24) is 0 Å². The number of rotatable bonds is 11. The fourth-order valence-electron chi connectivity index (χ4n) is 2.85. The monoisotopic (exact) mass is 465 g/mol. The topological polar surface area (TPSA) is 109 Å². The van der Waals surface area contributed by atoms with Crippen LogP contribution in [0.1, 0.15) is 31.4 Å². The quantitative estimate of drug-likeness (QED) is 0.330. The molecule has 180 valence electrons. The maximum absolute atomic E-state index is 11.0. The molecule has 0 radical (unpaired) electrons. The highest BCUT2D eigenvalue weighted by Gasteiger charge is 2.09. The largest absolute Gasteiger partial charge is 0.494 e. The minimum Gasteiger partial charge on any atom is -0.494 e. The molecule has 0 aliphatic rings. The number of benzene rings is 3. The molecule has 7 heteroatoms. The molecule has 0 saturated carbocycles. The van der Waals surface area contributed by atoms with E-state index < -0.39 is 5.97 Å². The minimum atomic E-state index is -0.933. The van der Waals surface area contributed by atoms with Crippen molar-refractivity contribution in [2.75, 3.05) is 19.8 Å². The maximum atomic E-state index is 11.0. The van der Waals surface area contributed by atoms with E-state index in [9.17, 15) is 4.79 Å². The summed E-state index contributed by atoms with van der Waals surface area (Å²) in [6.07, 6.45) is 0.744. The number of ether oxygens (including phenoxy) is 3. The van der Waals surface area contributed by atoms with E-state index in [2.05, 4.69) is 0 Å². The number of carboxylic acid groups (broad SMARTS) is 1. The van der Waals surface area contributed by atoms with E-state index in [-0.39, 0.29) is 18.7 Å². The van der Waals surface area contributed by atoms with Gasteiger partial charge in [0.2, 0.25) is 0 Å². The van der Waals surface area contributed by atoms with Crippen molar-refractivity contribution in [2.24, 2.45) is 0 Å². The number of aliphatic hydroxyl groups excluding tert-OH is 1. The first kappa shape index (κ1) is 26.4. The van der Waals surface area contributed by atoms with E-state index >= 15 is 0 Å². The number of aliphatic carboxylic acids is 1. The van der Waals surface area contributed by atoms with E-state index in [1.807, 2.05) is 62.4 Å². The molecule has 3 aromatic rings. The Balaban J connectivity index is 0.000000945. The summed E-state index contributed by atoms with van der Waals surface area (Å²) < 4.78 is 17.1. The summed E-state index contributed by atoms with van der Waals surface area (Å²) in [4.78, 5) is 11.0. The lowest BCUT2D eigenvalue weighted by atomic mass is 10.1. The van der Waals surface area contributed by atoms with Gasteiger partial charge in [0.15, 0.2) is 0 Å². The van der Waals surface area contributed by atoms with Gasteiger partial charge in [0.25, 0.3) is 0 Å². The summed E-state index contributed by atoms with van der Waals surface area (Å²) >= 11 is 0. The molecule has 0 amide bonds. The van der Waals surface area contributed by atoms with Gasteiger partial charge in [-0.1, -0.05) is 37.3 Å². The summed E-state index contributed by atoms with van der Waals surface area (Å²) in [5, 5.41) is 25.3. The molecule has 3 rings (SSSR count). The first-order valence-electron chi connectivity index (χ1n) is 11.1. The van der Waals surface area contributed by atoms with Crippen molar-refractivity contribution < 1.29 is 29.2 Å². The summed E-state index contributed by atoms with van der Waals surface area (Å²) in [6, 6.07) is 21.7. The van der Waals surface area contributed by atoms with Gasteiger partial charge in [0.05, 0.1) is 18.7 Å². The van der Waals surface area contributed by atoms with Crippen LogP contribution in [0.25, 0.3) is 0 Å². The molecule has 3 aromatic carbocycles. The van der Waals surface area contributed by atoms with Gasteiger partial charge in [0, 0.05) is 18.2 Å². The third kappa shape index (κ3) is 9.34. The fraction of sp³-hybridized carbons (Fsp3) is 0.259. The lowest BCUT2D eigenvalue weighted by molar-refractivity contribution is -0.136. The molecule has 34 heavy (non-hydrogen) atoms. The van der Waals surface area contributed by atoms with Crippen LogP contribution in [0.5, 0.6) is 23.0 Å². The summed E-state index contributed by atoms with van der Waals surface area (Å²) in [6.45, 7) is 4.58. The van der Waals surface area contributed by atoms with Crippen molar-refractivity contribution in [3.05, 3.63) is 83.9 Å². The molecule has 0 aromatic heterocycles. The Morgan fingerprint density at radius 2 is 1.50 bits per heavy atom. The van der Waals surface area contributed by atoms with Gasteiger partial charge in [-0.15, -0.1) is 0 Å². The molecule has 0 aliphatic heterocycles. The van der Waals surface area contributed by atoms with E-state index in [0.29, 0.717) is 41.6 Å². The van der Waals surface area contributed by atoms with Crippen molar-refractivity contribution >= 4 is 11.7 Å². The molecule has 0 saturated heterocycles. The first-order chi connectivity index (χ1) is 16.4. The molecule has 0 aliphatic carbocycles. The Morgan fingerprint density at radius 3 is 2.12 bits per heavy atom. The number of carboxylic acids is 1. The highest BCUT2D eigenvalue weighted by molar-refractivity contribution is 5.99. The van der Waals surface area contributed by atoms with Crippen LogP contribution in [0.4, 0.5) is 0 Å². The molecule has 0 unspecified atom stereocenters. The number of nitrogens with one attached hydrogen (secondary N) is 1. The van der Waals surface area contributed by atoms with Crippen LogP contribution in [-0.2, 0) is 11.2 Å². The van der Waals surface area contributed by atoms with E-state index in [4.69, 9.17) is 29.8 Å². The zero-order valence-electron chi connectivity index (χ0n) is 19.5. The average Bonchev–Trinajstić information content (AvgIpc) is 2.83. The van der Waals surface area contributed by atoms with Crippen LogP contribution in [0.2, 0.25) is 0 Å². The molecule has 3 N–H and O–H groups in total. The zero-order valence-corrected chi connectivity index (χ0v) is 19.5. The molecular weight excluding hydrogens is 434 g/mol. The number of aliphatic hydroxyl groups is 1. The van der Waals surface area contributed by atoms with Gasteiger partial charge in [-0.05, 0) is 55.3 Å². The second-order valence-corrected chi connectivity index (χ2v) is 7.25. The number of hydrogen-bond acceptors (Lipinski definition) is 6. The van der Waals surface area contributed by atoms with Crippen molar-refractivity contribution in [3.63, 3.8) is 0 Å². The predicted molar refractivity (Wildman–Crippen MR) is 132 cm³/mol. The average molecular weight is 466 g/mol. The van der Waals surface area contributed by atoms with Crippen molar-refractivity contribution in [3.8, 4) is 23.0 Å². The number of hydrogen-bond donors (Lipinski definition) is 3. The van der Waals surface area contributed by atoms with Crippen LogP contribution in [-0.4, -0.2) is 41.7 Å².